The highest BCUT2D eigenvalue weighted by Crippen LogP contribution is 2.32. The molecule has 0 spiro atoms. The zero-order valence-corrected chi connectivity index (χ0v) is 11.5. The molecule has 9 nitrogen and oxygen atoms in total. The molecule has 0 bridgehead atoms. The Labute approximate surface area is 128 Å². The van der Waals surface area contributed by atoms with Crippen LogP contribution < -0.4 is 5.56 Å². The number of nitrogens with one attached hydrogen (secondary N) is 1. The van der Waals surface area contributed by atoms with Gasteiger partial charge in [-0.15, -0.1) is 10.2 Å². The largest absolute Gasteiger partial charge is 0.503 e. The van der Waals surface area contributed by atoms with Gasteiger partial charge in [0.1, 0.15) is 11.2 Å². The smallest absolute Gasteiger partial charge is 0.291 e. The van der Waals surface area contributed by atoms with E-state index in [1.165, 1.54) is 30.5 Å². The molecule has 2 heterocycles. The van der Waals surface area contributed by atoms with Gasteiger partial charge in [-0.05, 0) is 30.3 Å². The third-order valence-electron chi connectivity index (χ3n) is 3.06. The third kappa shape index (κ3) is 2.75. The standard InChI is InChI=1S/C14H9N5O4/c20-11-5-6-12(16-14(11)21)18-17-9-3-4-10(19(22)23)8-2-1-7-15-13(8)9/h1-7,20H,(H,16,21). The van der Waals surface area contributed by atoms with E-state index in [2.05, 4.69) is 20.2 Å². The minimum Gasteiger partial charge on any atom is -0.503 e. The molecule has 0 amide bonds. The lowest BCUT2D eigenvalue weighted by Gasteiger charge is -2.01. The van der Waals surface area contributed by atoms with Crippen molar-refractivity contribution < 1.29 is 10.0 Å². The Hall–Kier alpha value is -3.62. The fourth-order valence-corrected chi connectivity index (χ4v) is 2.00. The van der Waals surface area contributed by atoms with Gasteiger partial charge in [-0.25, -0.2) is 0 Å². The Morgan fingerprint density at radius 1 is 1.17 bits per heavy atom. The quantitative estimate of drug-likeness (QED) is 0.435. The number of nitro groups is 1. The van der Waals surface area contributed by atoms with Crippen molar-refractivity contribution >= 4 is 28.1 Å². The lowest BCUT2D eigenvalue weighted by molar-refractivity contribution is -0.383. The number of non-ortho nitro benzene ring substituents is 1. The van der Waals surface area contributed by atoms with E-state index in [0.717, 1.165) is 0 Å². The number of pyridine rings is 2. The molecule has 0 unspecified atom stereocenters. The maximum atomic E-state index is 11.3. The Bertz CT molecular complexity index is 996. The van der Waals surface area contributed by atoms with E-state index >= 15 is 0 Å². The van der Waals surface area contributed by atoms with Crippen molar-refractivity contribution in [3.8, 4) is 5.75 Å². The fourth-order valence-electron chi connectivity index (χ4n) is 2.00. The lowest BCUT2D eigenvalue weighted by atomic mass is 10.1. The summed E-state index contributed by atoms with van der Waals surface area (Å²) in [5.41, 5.74) is -0.120. The number of nitro benzene ring substituents is 1. The molecule has 0 saturated heterocycles. The number of hydrogen-bond donors (Lipinski definition) is 2. The zero-order chi connectivity index (χ0) is 16.4. The normalized spacial score (nSPS) is 11.1. The number of fused-ring (bicyclic) bond motifs is 1. The molecule has 0 aliphatic carbocycles. The van der Waals surface area contributed by atoms with Crippen LogP contribution in [0.3, 0.4) is 0 Å². The van der Waals surface area contributed by atoms with Crippen LogP contribution in [0.5, 0.6) is 5.75 Å². The summed E-state index contributed by atoms with van der Waals surface area (Å²) in [4.78, 5) is 28.3. The number of H-pyrrole nitrogens is 1. The van der Waals surface area contributed by atoms with Gasteiger partial charge in [0, 0.05) is 12.3 Å². The molecular formula is C14H9N5O4. The lowest BCUT2D eigenvalue weighted by Crippen LogP contribution is -2.02. The van der Waals surface area contributed by atoms with Crippen LogP contribution in [0.1, 0.15) is 0 Å². The Kier molecular flexibility index (Phi) is 3.51. The molecule has 2 N–H and O–H groups in total. The number of aromatic hydroxyl groups is 1. The van der Waals surface area contributed by atoms with Gasteiger partial charge >= 0.3 is 0 Å². The monoisotopic (exact) mass is 311 g/mol. The van der Waals surface area contributed by atoms with Gasteiger partial charge in [0.2, 0.25) is 0 Å². The van der Waals surface area contributed by atoms with E-state index in [0.29, 0.717) is 16.6 Å². The van der Waals surface area contributed by atoms with Crippen LogP contribution in [0.25, 0.3) is 10.9 Å². The zero-order valence-electron chi connectivity index (χ0n) is 11.5. The van der Waals surface area contributed by atoms with E-state index in [1.54, 1.807) is 12.1 Å². The highest BCUT2D eigenvalue weighted by atomic mass is 16.6. The van der Waals surface area contributed by atoms with Crippen molar-refractivity contribution in [2.24, 2.45) is 10.2 Å². The van der Waals surface area contributed by atoms with Crippen LogP contribution in [0.2, 0.25) is 0 Å². The second-order valence-corrected chi connectivity index (χ2v) is 4.52. The average Bonchev–Trinajstić information content (AvgIpc) is 2.55. The molecule has 114 valence electrons. The van der Waals surface area contributed by atoms with Crippen molar-refractivity contribution in [2.75, 3.05) is 0 Å². The van der Waals surface area contributed by atoms with Crippen LogP contribution in [0.15, 0.2) is 57.6 Å². The highest BCUT2D eigenvalue weighted by Gasteiger charge is 2.14. The van der Waals surface area contributed by atoms with Crippen LogP contribution in [-0.4, -0.2) is 20.0 Å². The predicted octanol–water partition coefficient (Wildman–Crippen LogP) is 2.95. The van der Waals surface area contributed by atoms with E-state index in [-0.39, 0.29) is 11.5 Å². The summed E-state index contributed by atoms with van der Waals surface area (Å²) in [5.74, 6) is -0.290. The summed E-state index contributed by atoms with van der Waals surface area (Å²) in [6, 6.07) is 8.48. The molecule has 3 rings (SSSR count). The minimum absolute atomic E-state index is 0.0786. The van der Waals surface area contributed by atoms with Crippen LogP contribution in [0.4, 0.5) is 17.2 Å². The van der Waals surface area contributed by atoms with Gasteiger partial charge in [-0.1, -0.05) is 0 Å². The van der Waals surface area contributed by atoms with Crippen molar-refractivity contribution in [1.82, 2.24) is 9.97 Å². The first-order chi connectivity index (χ1) is 11.1. The first-order valence-electron chi connectivity index (χ1n) is 6.42. The molecule has 1 aromatic carbocycles. The summed E-state index contributed by atoms with van der Waals surface area (Å²) < 4.78 is 0. The Balaban J connectivity index is 2.08. The molecule has 2 aromatic heterocycles. The topological polar surface area (TPSA) is 134 Å². The number of azo groups is 1. The SMILES string of the molecule is O=c1[nH]c(N=Nc2ccc([N+](=O)[O-])c3cccnc23)ccc1O. The molecule has 0 atom stereocenters. The number of aromatic amines is 1. The first-order valence-corrected chi connectivity index (χ1v) is 6.42. The Morgan fingerprint density at radius 3 is 2.74 bits per heavy atom. The first kappa shape index (κ1) is 14.3. The minimum atomic E-state index is -0.687. The molecule has 9 heteroatoms. The third-order valence-corrected chi connectivity index (χ3v) is 3.06. The maximum Gasteiger partial charge on any atom is 0.291 e. The molecule has 0 aliphatic rings. The van der Waals surface area contributed by atoms with Gasteiger partial charge in [-0.2, -0.15) is 0 Å². The van der Waals surface area contributed by atoms with Crippen LogP contribution >= 0.6 is 0 Å². The second-order valence-electron chi connectivity index (χ2n) is 4.52. The summed E-state index contributed by atoms with van der Waals surface area (Å²) in [6.07, 6.45) is 1.49. The molecular weight excluding hydrogens is 302 g/mol. The number of aromatic nitrogens is 2. The number of rotatable bonds is 3. The predicted molar refractivity (Wildman–Crippen MR) is 81.3 cm³/mol. The highest BCUT2D eigenvalue weighted by molar-refractivity contribution is 5.95. The van der Waals surface area contributed by atoms with Crippen LogP contribution in [-0.2, 0) is 0 Å². The second kappa shape index (κ2) is 5.64. The van der Waals surface area contributed by atoms with Gasteiger partial charge in [0.15, 0.2) is 11.6 Å². The molecule has 0 saturated carbocycles. The summed E-state index contributed by atoms with van der Waals surface area (Å²) >= 11 is 0. The van der Waals surface area contributed by atoms with Gasteiger partial charge in [-0.3, -0.25) is 19.9 Å². The van der Waals surface area contributed by atoms with Crippen LogP contribution in [0, 0.1) is 10.1 Å². The van der Waals surface area contributed by atoms with Crippen molar-refractivity contribution in [2.45, 2.75) is 0 Å². The average molecular weight is 311 g/mol. The summed E-state index contributed by atoms with van der Waals surface area (Å²) in [7, 11) is 0. The number of nitrogens with zero attached hydrogens (tertiary/aromatic N) is 4. The van der Waals surface area contributed by atoms with Crippen molar-refractivity contribution in [3.05, 3.63) is 63.1 Å². The van der Waals surface area contributed by atoms with Crippen molar-refractivity contribution in [1.29, 1.82) is 0 Å². The van der Waals surface area contributed by atoms with E-state index in [4.69, 9.17) is 5.11 Å². The molecule has 0 aliphatic heterocycles. The van der Waals surface area contributed by atoms with Gasteiger partial charge in [0.25, 0.3) is 11.2 Å². The Morgan fingerprint density at radius 2 is 2.00 bits per heavy atom. The van der Waals surface area contributed by atoms with E-state index in [9.17, 15) is 14.9 Å². The molecule has 0 fully saturated rings. The van der Waals surface area contributed by atoms with Gasteiger partial charge < -0.3 is 10.1 Å². The summed E-state index contributed by atoms with van der Waals surface area (Å²) in [6.45, 7) is 0. The van der Waals surface area contributed by atoms with E-state index < -0.39 is 16.2 Å². The van der Waals surface area contributed by atoms with E-state index in [1.807, 2.05) is 0 Å². The van der Waals surface area contributed by atoms with Crippen molar-refractivity contribution in [3.63, 3.8) is 0 Å². The fraction of sp³-hybridized carbons (Fsp3) is 0. The molecule has 3 aromatic rings. The molecule has 0 radical (unpaired) electrons. The molecule has 23 heavy (non-hydrogen) atoms. The van der Waals surface area contributed by atoms with Gasteiger partial charge in [0.05, 0.1) is 10.3 Å². The number of hydrogen-bond acceptors (Lipinski definition) is 7. The summed E-state index contributed by atoms with van der Waals surface area (Å²) in [5, 5.41) is 28.4. The number of benzene rings is 1. The maximum absolute atomic E-state index is 11.3.